The molecule has 1 aliphatic carbocycles. The molecule has 0 spiro atoms. The summed E-state index contributed by atoms with van der Waals surface area (Å²) >= 11 is 0. The van der Waals surface area contributed by atoms with Crippen LogP contribution in [0.15, 0.2) is 18.2 Å². The molecule has 0 bridgehead atoms. The molecule has 2 aliphatic rings. The second-order valence-corrected chi connectivity index (χ2v) is 5.11. The van der Waals surface area contributed by atoms with Gasteiger partial charge in [0.15, 0.2) is 0 Å². The topological polar surface area (TPSA) is 12.0 Å². The van der Waals surface area contributed by atoms with Crippen molar-refractivity contribution in [1.29, 1.82) is 0 Å². The summed E-state index contributed by atoms with van der Waals surface area (Å²) in [6.45, 7) is 3.28. The summed E-state index contributed by atoms with van der Waals surface area (Å²) in [5.74, 6) is 0.896. The Balaban J connectivity index is 1.92. The molecule has 1 unspecified atom stereocenters. The van der Waals surface area contributed by atoms with Gasteiger partial charge in [0, 0.05) is 12.6 Å². The lowest BCUT2D eigenvalue weighted by Crippen LogP contribution is -2.19. The van der Waals surface area contributed by atoms with E-state index in [1.54, 1.807) is 5.56 Å². The van der Waals surface area contributed by atoms with Crippen LogP contribution >= 0.6 is 0 Å². The Morgan fingerprint density at radius 2 is 2.00 bits per heavy atom. The van der Waals surface area contributed by atoms with Crippen LogP contribution in [0.4, 0.5) is 0 Å². The van der Waals surface area contributed by atoms with Crippen LogP contribution in [0.5, 0.6) is 0 Å². The molecule has 1 aromatic rings. The minimum atomic E-state index is 0.655. The molecule has 1 fully saturated rings. The molecule has 1 atom stereocenters. The third kappa shape index (κ3) is 1.59. The van der Waals surface area contributed by atoms with Crippen LogP contribution < -0.4 is 5.32 Å². The Morgan fingerprint density at radius 3 is 2.80 bits per heavy atom. The minimum Gasteiger partial charge on any atom is -0.306 e. The van der Waals surface area contributed by atoms with E-state index in [0.717, 1.165) is 12.5 Å². The van der Waals surface area contributed by atoms with Crippen LogP contribution in [0.1, 0.15) is 48.4 Å². The molecule has 1 heterocycles. The highest BCUT2D eigenvalue weighted by Crippen LogP contribution is 2.39. The molecule has 1 nitrogen and oxygen atoms in total. The zero-order valence-corrected chi connectivity index (χ0v) is 9.42. The van der Waals surface area contributed by atoms with Gasteiger partial charge in [-0.3, -0.25) is 0 Å². The van der Waals surface area contributed by atoms with Gasteiger partial charge >= 0.3 is 0 Å². The predicted molar refractivity (Wildman–Crippen MR) is 62.7 cm³/mol. The second-order valence-electron chi connectivity index (χ2n) is 5.11. The molecule has 1 heteroatoms. The van der Waals surface area contributed by atoms with Crippen molar-refractivity contribution < 1.29 is 0 Å². The van der Waals surface area contributed by atoms with Gasteiger partial charge in [-0.05, 0) is 36.8 Å². The number of hydrogen-bond acceptors (Lipinski definition) is 1. The molecule has 3 rings (SSSR count). The Labute approximate surface area is 91.9 Å². The molecule has 80 valence electrons. The Morgan fingerprint density at radius 1 is 1.20 bits per heavy atom. The van der Waals surface area contributed by atoms with Crippen molar-refractivity contribution in [3.05, 3.63) is 34.9 Å². The smallest absolute Gasteiger partial charge is 0.0354 e. The van der Waals surface area contributed by atoms with Gasteiger partial charge in [-0.1, -0.05) is 36.6 Å². The largest absolute Gasteiger partial charge is 0.306 e. The van der Waals surface area contributed by atoms with E-state index in [0.29, 0.717) is 6.04 Å². The highest BCUT2D eigenvalue weighted by molar-refractivity contribution is 5.37. The molecular formula is C14H19N. The standard InChI is InChI=1S/C14H19N/c1-10-6-7-12-9-15-14(13(12)8-10)11-4-2-3-5-11/h6-8,11,14-15H,2-5,9H2,1H3. The molecule has 0 saturated heterocycles. The van der Waals surface area contributed by atoms with E-state index in [-0.39, 0.29) is 0 Å². The Bertz CT molecular complexity index is 364. The first kappa shape index (κ1) is 9.41. The Kier molecular flexibility index (Phi) is 2.28. The van der Waals surface area contributed by atoms with Gasteiger partial charge in [-0.2, -0.15) is 0 Å². The van der Waals surface area contributed by atoms with Gasteiger partial charge in [0.25, 0.3) is 0 Å². The maximum absolute atomic E-state index is 3.69. The zero-order valence-electron chi connectivity index (χ0n) is 9.42. The number of hydrogen-bond donors (Lipinski definition) is 1. The molecule has 0 aromatic heterocycles. The van der Waals surface area contributed by atoms with Gasteiger partial charge in [0.2, 0.25) is 0 Å². The molecule has 0 radical (unpaired) electrons. The molecule has 1 aromatic carbocycles. The minimum absolute atomic E-state index is 0.655. The normalized spacial score (nSPS) is 25.8. The lowest BCUT2D eigenvalue weighted by molar-refractivity contribution is 0.390. The number of aryl methyl sites for hydroxylation is 1. The van der Waals surface area contributed by atoms with Crippen LogP contribution in [-0.2, 0) is 6.54 Å². The molecule has 1 N–H and O–H groups in total. The van der Waals surface area contributed by atoms with E-state index in [1.807, 2.05) is 0 Å². The maximum Gasteiger partial charge on any atom is 0.0354 e. The summed E-state index contributed by atoms with van der Waals surface area (Å²) in [4.78, 5) is 0. The second kappa shape index (κ2) is 3.64. The summed E-state index contributed by atoms with van der Waals surface area (Å²) in [6, 6.07) is 7.57. The van der Waals surface area contributed by atoms with Crippen molar-refractivity contribution in [2.24, 2.45) is 5.92 Å². The van der Waals surface area contributed by atoms with Crippen LogP contribution in [0.25, 0.3) is 0 Å². The first-order valence-corrected chi connectivity index (χ1v) is 6.17. The number of nitrogens with one attached hydrogen (secondary N) is 1. The number of benzene rings is 1. The van der Waals surface area contributed by atoms with Crippen LogP contribution in [-0.4, -0.2) is 0 Å². The Hall–Kier alpha value is -0.820. The predicted octanol–water partition coefficient (Wildman–Crippen LogP) is 3.33. The fourth-order valence-corrected chi connectivity index (χ4v) is 3.21. The molecular weight excluding hydrogens is 182 g/mol. The highest BCUT2D eigenvalue weighted by Gasteiger charge is 2.30. The van der Waals surface area contributed by atoms with E-state index in [4.69, 9.17) is 0 Å². The SMILES string of the molecule is Cc1ccc2c(c1)C(C1CCCC1)NC2. The molecule has 1 saturated carbocycles. The fraction of sp³-hybridized carbons (Fsp3) is 0.571. The monoisotopic (exact) mass is 201 g/mol. The molecule has 1 aliphatic heterocycles. The van der Waals surface area contributed by atoms with Gasteiger partial charge in [0.1, 0.15) is 0 Å². The number of fused-ring (bicyclic) bond motifs is 1. The van der Waals surface area contributed by atoms with Crippen molar-refractivity contribution in [2.45, 2.75) is 45.2 Å². The van der Waals surface area contributed by atoms with Crippen LogP contribution in [0, 0.1) is 12.8 Å². The first-order valence-electron chi connectivity index (χ1n) is 6.17. The van der Waals surface area contributed by atoms with Gasteiger partial charge in [-0.15, -0.1) is 0 Å². The van der Waals surface area contributed by atoms with Gasteiger partial charge in [0.05, 0.1) is 0 Å². The van der Waals surface area contributed by atoms with E-state index in [1.165, 1.54) is 36.8 Å². The lowest BCUT2D eigenvalue weighted by Gasteiger charge is -2.19. The van der Waals surface area contributed by atoms with Crippen LogP contribution in [0.2, 0.25) is 0 Å². The third-order valence-corrected chi connectivity index (χ3v) is 4.02. The molecule has 0 amide bonds. The first-order chi connectivity index (χ1) is 7.34. The van der Waals surface area contributed by atoms with E-state index in [2.05, 4.69) is 30.4 Å². The summed E-state index contributed by atoms with van der Waals surface area (Å²) in [7, 11) is 0. The van der Waals surface area contributed by atoms with Gasteiger partial charge < -0.3 is 5.32 Å². The summed E-state index contributed by atoms with van der Waals surface area (Å²) in [5.41, 5.74) is 4.51. The van der Waals surface area contributed by atoms with Crippen molar-refractivity contribution >= 4 is 0 Å². The average molecular weight is 201 g/mol. The van der Waals surface area contributed by atoms with E-state index >= 15 is 0 Å². The van der Waals surface area contributed by atoms with E-state index < -0.39 is 0 Å². The van der Waals surface area contributed by atoms with Gasteiger partial charge in [-0.25, -0.2) is 0 Å². The average Bonchev–Trinajstić information content (AvgIpc) is 2.83. The number of rotatable bonds is 1. The zero-order chi connectivity index (χ0) is 10.3. The lowest BCUT2D eigenvalue weighted by atomic mass is 9.91. The van der Waals surface area contributed by atoms with Crippen molar-refractivity contribution in [3.63, 3.8) is 0 Å². The van der Waals surface area contributed by atoms with Crippen molar-refractivity contribution in [3.8, 4) is 0 Å². The van der Waals surface area contributed by atoms with Crippen LogP contribution in [0.3, 0.4) is 0 Å². The fourth-order valence-electron chi connectivity index (χ4n) is 3.21. The molecule has 15 heavy (non-hydrogen) atoms. The highest BCUT2D eigenvalue weighted by atomic mass is 14.9. The summed E-state index contributed by atoms with van der Waals surface area (Å²) < 4.78 is 0. The van der Waals surface area contributed by atoms with Crippen molar-refractivity contribution in [1.82, 2.24) is 5.32 Å². The quantitative estimate of drug-likeness (QED) is 0.735. The summed E-state index contributed by atoms with van der Waals surface area (Å²) in [5, 5.41) is 3.69. The van der Waals surface area contributed by atoms with E-state index in [9.17, 15) is 0 Å². The van der Waals surface area contributed by atoms with Crippen molar-refractivity contribution in [2.75, 3.05) is 0 Å². The third-order valence-electron chi connectivity index (χ3n) is 4.02. The maximum atomic E-state index is 3.69. The summed E-state index contributed by atoms with van der Waals surface area (Å²) in [6.07, 6.45) is 5.71.